The Labute approximate surface area is 156 Å². The number of amides is 1. The number of benzene rings is 2. The fourth-order valence-corrected chi connectivity index (χ4v) is 3.50. The molecule has 1 heterocycles. The smallest absolute Gasteiger partial charge is 0.251 e. The quantitative estimate of drug-likeness (QED) is 0.866. The first-order valence-corrected chi connectivity index (χ1v) is 9.36. The van der Waals surface area contributed by atoms with Gasteiger partial charge in [0.2, 0.25) is 0 Å². The lowest BCUT2D eigenvalue weighted by molar-refractivity contribution is 0.0940. The Morgan fingerprint density at radius 1 is 1.15 bits per heavy atom. The molecule has 2 aromatic rings. The molecular formula is C22H28N2O2. The van der Waals surface area contributed by atoms with Crippen LogP contribution in [0.3, 0.4) is 0 Å². The summed E-state index contributed by atoms with van der Waals surface area (Å²) in [4.78, 5) is 14.9. The van der Waals surface area contributed by atoms with Crippen molar-refractivity contribution in [2.45, 2.75) is 32.7 Å². The topological polar surface area (TPSA) is 41.6 Å². The highest BCUT2D eigenvalue weighted by molar-refractivity contribution is 5.94. The molecule has 1 N–H and O–H groups in total. The SMILES string of the molecule is COc1ccc(C(=O)N[C@H](C)c2ccc(N3CCC[C@@H](C)C3)cc2)cc1. The summed E-state index contributed by atoms with van der Waals surface area (Å²) < 4.78 is 5.13. The number of rotatable bonds is 5. The minimum Gasteiger partial charge on any atom is -0.497 e. The van der Waals surface area contributed by atoms with E-state index < -0.39 is 0 Å². The third kappa shape index (κ3) is 4.37. The van der Waals surface area contributed by atoms with Gasteiger partial charge in [0.05, 0.1) is 13.2 Å². The number of carbonyl (C=O) groups excluding carboxylic acids is 1. The van der Waals surface area contributed by atoms with Crippen molar-refractivity contribution in [2.75, 3.05) is 25.1 Å². The normalized spacial score (nSPS) is 18.3. The van der Waals surface area contributed by atoms with E-state index in [1.54, 1.807) is 31.4 Å². The van der Waals surface area contributed by atoms with Crippen LogP contribution < -0.4 is 15.0 Å². The van der Waals surface area contributed by atoms with Crippen molar-refractivity contribution in [3.05, 3.63) is 59.7 Å². The highest BCUT2D eigenvalue weighted by atomic mass is 16.5. The Kier molecular flexibility index (Phi) is 5.82. The zero-order valence-electron chi connectivity index (χ0n) is 15.9. The van der Waals surface area contributed by atoms with Gasteiger partial charge in [0, 0.05) is 24.3 Å². The summed E-state index contributed by atoms with van der Waals surface area (Å²) in [6, 6.07) is 15.7. The molecule has 0 saturated carbocycles. The molecule has 1 fully saturated rings. The van der Waals surface area contributed by atoms with E-state index in [1.165, 1.54) is 18.5 Å². The standard InChI is InChI=1S/C22H28N2O2/c1-16-5-4-14-24(15-16)20-10-6-18(7-11-20)17(2)23-22(25)19-8-12-21(26-3)13-9-19/h6-13,16-17H,4-5,14-15H2,1-3H3,(H,23,25)/t16-,17-/m1/s1. The van der Waals surface area contributed by atoms with Gasteiger partial charge in [-0.1, -0.05) is 19.1 Å². The molecule has 138 valence electrons. The third-order valence-electron chi connectivity index (χ3n) is 5.12. The second kappa shape index (κ2) is 8.26. The van der Waals surface area contributed by atoms with E-state index in [1.807, 2.05) is 6.92 Å². The van der Waals surface area contributed by atoms with E-state index in [0.717, 1.165) is 30.3 Å². The predicted octanol–water partition coefficient (Wildman–Crippen LogP) is 4.42. The van der Waals surface area contributed by atoms with E-state index in [-0.39, 0.29) is 11.9 Å². The first-order chi connectivity index (χ1) is 12.6. The molecule has 26 heavy (non-hydrogen) atoms. The van der Waals surface area contributed by atoms with Gasteiger partial charge in [-0.05, 0) is 67.6 Å². The second-order valence-electron chi connectivity index (χ2n) is 7.21. The lowest BCUT2D eigenvalue weighted by atomic mass is 9.99. The highest BCUT2D eigenvalue weighted by Crippen LogP contribution is 2.24. The number of nitrogens with zero attached hydrogens (tertiary/aromatic N) is 1. The van der Waals surface area contributed by atoms with E-state index in [2.05, 4.69) is 41.4 Å². The van der Waals surface area contributed by atoms with Crippen LogP contribution >= 0.6 is 0 Å². The molecule has 1 amide bonds. The van der Waals surface area contributed by atoms with E-state index in [0.29, 0.717) is 5.56 Å². The summed E-state index contributed by atoms with van der Waals surface area (Å²) in [7, 11) is 1.62. The zero-order valence-corrected chi connectivity index (χ0v) is 15.9. The largest absolute Gasteiger partial charge is 0.497 e. The van der Waals surface area contributed by atoms with E-state index in [9.17, 15) is 4.79 Å². The minimum absolute atomic E-state index is 0.0427. The Hall–Kier alpha value is -2.49. The molecule has 4 nitrogen and oxygen atoms in total. The minimum atomic E-state index is -0.0749. The molecule has 1 saturated heterocycles. The van der Waals surface area contributed by atoms with Gasteiger partial charge >= 0.3 is 0 Å². The Bertz CT molecular complexity index is 725. The molecule has 4 heteroatoms. The summed E-state index contributed by atoms with van der Waals surface area (Å²) in [6.45, 7) is 6.59. The zero-order chi connectivity index (χ0) is 18.5. The maximum absolute atomic E-state index is 12.4. The van der Waals surface area contributed by atoms with Crippen molar-refractivity contribution in [3.8, 4) is 5.75 Å². The second-order valence-corrected chi connectivity index (χ2v) is 7.21. The van der Waals surface area contributed by atoms with Crippen molar-refractivity contribution in [3.63, 3.8) is 0 Å². The summed E-state index contributed by atoms with van der Waals surface area (Å²) in [5.74, 6) is 1.43. The number of hydrogen-bond donors (Lipinski definition) is 1. The van der Waals surface area contributed by atoms with Crippen LogP contribution in [0.2, 0.25) is 0 Å². The van der Waals surface area contributed by atoms with Crippen LogP contribution in [0.25, 0.3) is 0 Å². The molecular weight excluding hydrogens is 324 g/mol. The van der Waals surface area contributed by atoms with Crippen LogP contribution in [0.4, 0.5) is 5.69 Å². The summed E-state index contributed by atoms with van der Waals surface area (Å²) in [5.41, 5.74) is 3.02. The number of piperidine rings is 1. The number of methoxy groups -OCH3 is 1. The fourth-order valence-electron chi connectivity index (χ4n) is 3.50. The number of ether oxygens (including phenoxy) is 1. The van der Waals surface area contributed by atoms with Crippen molar-refractivity contribution >= 4 is 11.6 Å². The molecule has 0 bridgehead atoms. The van der Waals surface area contributed by atoms with Crippen LogP contribution in [-0.4, -0.2) is 26.1 Å². The molecule has 2 aromatic carbocycles. The number of hydrogen-bond acceptors (Lipinski definition) is 3. The average Bonchev–Trinajstić information content (AvgIpc) is 2.68. The molecule has 0 aliphatic carbocycles. The van der Waals surface area contributed by atoms with Crippen molar-refractivity contribution in [2.24, 2.45) is 5.92 Å². The average molecular weight is 352 g/mol. The Morgan fingerprint density at radius 3 is 2.46 bits per heavy atom. The van der Waals surface area contributed by atoms with E-state index in [4.69, 9.17) is 4.74 Å². The van der Waals surface area contributed by atoms with Gasteiger partial charge in [-0.2, -0.15) is 0 Å². The van der Waals surface area contributed by atoms with Gasteiger partial charge in [-0.15, -0.1) is 0 Å². The number of nitrogens with one attached hydrogen (secondary N) is 1. The van der Waals surface area contributed by atoms with Crippen LogP contribution in [0.5, 0.6) is 5.75 Å². The number of anilines is 1. The van der Waals surface area contributed by atoms with Gasteiger partial charge in [0.15, 0.2) is 0 Å². The fraction of sp³-hybridized carbons (Fsp3) is 0.409. The summed E-state index contributed by atoms with van der Waals surface area (Å²) in [5, 5.41) is 3.06. The Balaban J connectivity index is 1.62. The molecule has 2 atom stereocenters. The van der Waals surface area contributed by atoms with Gasteiger partial charge in [0.1, 0.15) is 5.75 Å². The highest BCUT2D eigenvalue weighted by Gasteiger charge is 2.17. The van der Waals surface area contributed by atoms with E-state index >= 15 is 0 Å². The van der Waals surface area contributed by atoms with Crippen molar-refractivity contribution in [1.29, 1.82) is 0 Å². The summed E-state index contributed by atoms with van der Waals surface area (Å²) >= 11 is 0. The number of carbonyl (C=O) groups is 1. The lowest BCUT2D eigenvalue weighted by Gasteiger charge is -2.33. The van der Waals surface area contributed by atoms with Gasteiger partial charge in [0.25, 0.3) is 5.91 Å². The van der Waals surface area contributed by atoms with Gasteiger partial charge < -0.3 is 15.0 Å². The molecule has 0 aromatic heterocycles. The van der Waals surface area contributed by atoms with Crippen LogP contribution in [0.15, 0.2) is 48.5 Å². The van der Waals surface area contributed by atoms with Crippen molar-refractivity contribution in [1.82, 2.24) is 5.32 Å². The lowest BCUT2D eigenvalue weighted by Crippen LogP contribution is -2.34. The van der Waals surface area contributed by atoms with Gasteiger partial charge in [-0.25, -0.2) is 0 Å². The van der Waals surface area contributed by atoms with Crippen LogP contribution in [-0.2, 0) is 0 Å². The van der Waals surface area contributed by atoms with Crippen LogP contribution in [0, 0.1) is 5.92 Å². The maximum atomic E-state index is 12.4. The Morgan fingerprint density at radius 2 is 1.85 bits per heavy atom. The van der Waals surface area contributed by atoms with Crippen molar-refractivity contribution < 1.29 is 9.53 Å². The first-order valence-electron chi connectivity index (χ1n) is 9.36. The monoisotopic (exact) mass is 352 g/mol. The molecule has 1 aliphatic heterocycles. The maximum Gasteiger partial charge on any atom is 0.251 e. The van der Waals surface area contributed by atoms with Gasteiger partial charge in [-0.3, -0.25) is 4.79 Å². The summed E-state index contributed by atoms with van der Waals surface area (Å²) in [6.07, 6.45) is 2.58. The molecule has 0 spiro atoms. The van der Waals surface area contributed by atoms with Crippen LogP contribution in [0.1, 0.15) is 48.7 Å². The third-order valence-corrected chi connectivity index (χ3v) is 5.12. The molecule has 3 rings (SSSR count). The molecule has 0 radical (unpaired) electrons. The molecule has 0 unspecified atom stereocenters. The first kappa shape index (κ1) is 18.3. The molecule has 1 aliphatic rings. The predicted molar refractivity (Wildman–Crippen MR) is 106 cm³/mol.